The molecule has 0 aliphatic heterocycles. The Hall–Kier alpha value is -2.60. The van der Waals surface area contributed by atoms with E-state index in [2.05, 4.69) is 6.07 Å². The van der Waals surface area contributed by atoms with Crippen LogP contribution in [0.4, 0.5) is 5.69 Å². The molecule has 0 spiro atoms. The molecule has 2 rings (SSSR count). The number of hydrogen-bond acceptors (Lipinski definition) is 2. The van der Waals surface area contributed by atoms with Crippen molar-refractivity contribution in [2.45, 2.75) is 13.3 Å². The third-order valence-electron chi connectivity index (χ3n) is 3.39. The first-order valence-electron chi connectivity index (χ1n) is 7.06. The van der Waals surface area contributed by atoms with Gasteiger partial charge < -0.3 is 4.90 Å². The van der Waals surface area contributed by atoms with Gasteiger partial charge in [-0.25, -0.2) is 0 Å². The van der Waals surface area contributed by atoms with Crippen LogP contribution < -0.4 is 4.90 Å². The average Bonchev–Trinajstić information content (AvgIpc) is 2.55. The number of nitriles is 1. The Bertz CT molecular complexity index is 617. The molecule has 0 N–H and O–H groups in total. The van der Waals surface area contributed by atoms with Crippen molar-refractivity contribution in [2.24, 2.45) is 5.92 Å². The zero-order valence-electron chi connectivity index (χ0n) is 12.1. The van der Waals surface area contributed by atoms with E-state index in [1.165, 1.54) is 0 Å². The van der Waals surface area contributed by atoms with Gasteiger partial charge in [-0.3, -0.25) is 4.79 Å². The summed E-state index contributed by atoms with van der Waals surface area (Å²) in [6, 6.07) is 21.3. The zero-order chi connectivity index (χ0) is 15.1. The standard InChI is InChI=1S/C18H18N2O/c1-2-20(17-11-7-4-8-12-17)18(21)16(14-19)13-15-9-5-3-6-10-15/h3-12,16H,2,13H2,1H3. The van der Waals surface area contributed by atoms with Gasteiger partial charge in [0.15, 0.2) is 0 Å². The quantitative estimate of drug-likeness (QED) is 0.841. The molecule has 0 saturated carbocycles. The van der Waals surface area contributed by atoms with Crippen LogP contribution in [0.25, 0.3) is 0 Å². The number of para-hydroxylation sites is 1. The molecule has 0 fully saturated rings. The molecule has 0 aliphatic rings. The van der Waals surface area contributed by atoms with Crippen LogP contribution in [0.3, 0.4) is 0 Å². The predicted molar refractivity (Wildman–Crippen MR) is 83.7 cm³/mol. The lowest BCUT2D eigenvalue weighted by atomic mass is 9.99. The van der Waals surface area contributed by atoms with Gasteiger partial charge >= 0.3 is 0 Å². The molecule has 21 heavy (non-hydrogen) atoms. The molecule has 0 radical (unpaired) electrons. The number of anilines is 1. The van der Waals surface area contributed by atoms with E-state index in [1.807, 2.05) is 67.6 Å². The summed E-state index contributed by atoms with van der Waals surface area (Å²) in [6.45, 7) is 2.47. The van der Waals surface area contributed by atoms with Crippen LogP contribution in [0.1, 0.15) is 12.5 Å². The van der Waals surface area contributed by atoms with Gasteiger partial charge in [0.25, 0.3) is 0 Å². The summed E-state index contributed by atoms with van der Waals surface area (Å²) in [5.41, 5.74) is 1.83. The van der Waals surface area contributed by atoms with Gasteiger partial charge in [0.05, 0.1) is 6.07 Å². The molecule has 106 valence electrons. The molecule has 1 atom stereocenters. The Morgan fingerprint density at radius 3 is 2.19 bits per heavy atom. The average molecular weight is 278 g/mol. The minimum Gasteiger partial charge on any atom is -0.312 e. The highest BCUT2D eigenvalue weighted by molar-refractivity contribution is 5.96. The molecular weight excluding hydrogens is 260 g/mol. The second kappa shape index (κ2) is 7.25. The summed E-state index contributed by atoms with van der Waals surface area (Å²) in [5, 5.41) is 9.35. The van der Waals surface area contributed by atoms with Crippen molar-refractivity contribution in [1.82, 2.24) is 0 Å². The van der Waals surface area contributed by atoms with E-state index < -0.39 is 5.92 Å². The second-order valence-electron chi connectivity index (χ2n) is 4.79. The predicted octanol–water partition coefficient (Wildman–Crippen LogP) is 3.42. The van der Waals surface area contributed by atoms with Crippen molar-refractivity contribution in [1.29, 1.82) is 5.26 Å². The van der Waals surface area contributed by atoms with E-state index in [0.29, 0.717) is 13.0 Å². The number of carbonyl (C=O) groups excluding carboxylic acids is 1. The molecule has 2 aromatic carbocycles. The number of rotatable bonds is 5. The first-order chi connectivity index (χ1) is 10.3. The first-order valence-corrected chi connectivity index (χ1v) is 7.06. The topological polar surface area (TPSA) is 44.1 Å². The molecule has 3 nitrogen and oxygen atoms in total. The van der Waals surface area contributed by atoms with Crippen LogP contribution in [0.15, 0.2) is 60.7 Å². The highest BCUT2D eigenvalue weighted by Gasteiger charge is 2.24. The van der Waals surface area contributed by atoms with E-state index in [0.717, 1.165) is 11.3 Å². The first kappa shape index (κ1) is 14.8. The fourth-order valence-corrected chi connectivity index (χ4v) is 2.30. The summed E-state index contributed by atoms with van der Waals surface area (Å²) < 4.78 is 0. The molecule has 0 saturated heterocycles. The van der Waals surface area contributed by atoms with Gasteiger partial charge in [-0.1, -0.05) is 48.5 Å². The Balaban J connectivity index is 2.17. The van der Waals surface area contributed by atoms with Crippen LogP contribution in [0.2, 0.25) is 0 Å². The molecule has 0 aromatic heterocycles. The number of amides is 1. The van der Waals surface area contributed by atoms with Gasteiger partial charge in [0.1, 0.15) is 5.92 Å². The number of hydrogen-bond donors (Lipinski definition) is 0. The van der Waals surface area contributed by atoms with Crippen LogP contribution in [-0.4, -0.2) is 12.5 Å². The van der Waals surface area contributed by atoms with Gasteiger partial charge in [0.2, 0.25) is 5.91 Å². The Morgan fingerprint density at radius 1 is 1.10 bits per heavy atom. The maximum atomic E-state index is 12.6. The monoisotopic (exact) mass is 278 g/mol. The third-order valence-corrected chi connectivity index (χ3v) is 3.39. The lowest BCUT2D eigenvalue weighted by Gasteiger charge is -2.23. The largest absolute Gasteiger partial charge is 0.312 e. The highest BCUT2D eigenvalue weighted by atomic mass is 16.2. The minimum absolute atomic E-state index is 0.143. The summed E-state index contributed by atoms with van der Waals surface area (Å²) in [6.07, 6.45) is 0.444. The van der Waals surface area contributed by atoms with Crippen LogP contribution in [-0.2, 0) is 11.2 Å². The lowest BCUT2D eigenvalue weighted by Crippen LogP contribution is -2.36. The van der Waals surface area contributed by atoms with Gasteiger partial charge in [-0.15, -0.1) is 0 Å². The van der Waals surface area contributed by atoms with Crippen molar-refractivity contribution in [3.63, 3.8) is 0 Å². The molecule has 0 aliphatic carbocycles. The molecule has 2 aromatic rings. The molecule has 0 bridgehead atoms. The molecule has 3 heteroatoms. The van der Waals surface area contributed by atoms with Crippen LogP contribution >= 0.6 is 0 Å². The minimum atomic E-state index is -0.660. The second-order valence-corrected chi connectivity index (χ2v) is 4.79. The summed E-state index contributed by atoms with van der Waals surface area (Å²) in [7, 11) is 0. The van der Waals surface area contributed by atoms with Gasteiger partial charge in [0, 0.05) is 12.2 Å². The summed E-state index contributed by atoms with van der Waals surface area (Å²) in [4.78, 5) is 14.3. The van der Waals surface area contributed by atoms with Crippen molar-refractivity contribution in [3.8, 4) is 6.07 Å². The Labute approximate surface area is 125 Å². The number of nitrogens with zero attached hydrogens (tertiary/aromatic N) is 2. The number of carbonyl (C=O) groups is 1. The fraction of sp³-hybridized carbons (Fsp3) is 0.222. The Morgan fingerprint density at radius 2 is 1.67 bits per heavy atom. The van der Waals surface area contributed by atoms with Crippen LogP contribution in [0.5, 0.6) is 0 Å². The van der Waals surface area contributed by atoms with Crippen molar-refractivity contribution in [2.75, 3.05) is 11.4 Å². The molecule has 1 amide bonds. The van der Waals surface area contributed by atoms with Crippen molar-refractivity contribution in [3.05, 3.63) is 66.2 Å². The van der Waals surface area contributed by atoms with E-state index in [9.17, 15) is 10.1 Å². The van der Waals surface area contributed by atoms with E-state index in [-0.39, 0.29) is 5.91 Å². The lowest BCUT2D eigenvalue weighted by molar-refractivity contribution is -0.120. The summed E-state index contributed by atoms with van der Waals surface area (Å²) >= 11 is 0. The maximum absolute atomic E-state index is 12.6. The third kappa shape index (κ3) is 3.70. The highest BCUT2D eigenvalue weighted by Crippen LogP contribution is 2.18. The van der Waals surface area contributed by atoms with Crippen LogP contribution in [0, 0.1) is 17.2 Å². The zero-order valence-corrected chi connectivity index (χ0v) is 12.1. The normalized spacial score (nSPS) is 11.4. The molecule has 0 heterocycles. The van der Waals surface area contributed by atoms with Gasteiger partial charge in [-0.05, 0) is 31.0 Å². The maximum Gasteiger partial charge on any atom is 0.244 e. The Kier molecular flexibility index (Phi) is 5.11. The van der Waals surface area contributed by atoms with E-state index in [4.69, 9.17) is 0 Å². The van der Waals surface area contributed by atoms with E-state index in [1.54, 1.807) is 4.90 Å². The SMILES string of the molecule is CCN(C(=O)C(C#N)Cc1ccccc1)c1ccccc1. The van der Waals surface area contributed by atoms with Crippen molar-refractivity contribution >= 4 is 11.6 Å². The fourth-order valence-electron chi connectivity index (χ4n) is 2.30. The van der Waals surface area contributed by atoms with E-state index >= 15 is 0 Å². The molecular formula is C18H18N2O. The smallest absolute Gasteiger partial charge is 0.244 e. The summed E-state index contributed by atoms with van der Waals surface area (Å²) in [5.74, 6) is -0.803. The van der Waals surface area contributed by atoms with Crippen molar-refractivity contribution < 1.29 is 4.79 Å². The number of benzene rings is 2. The molecule has 1 unspecified atom stereocenters. The van der Waals surface area contributed by atoms with Gasteiger partial charge in [-0.2, -0.15) is 5.26 Å².